The molecule has 1 fully saturated rings. The minimum atomic E-state index is -0.498. The Kier molecular flexibility index (Phi) is 6.18. The van der Waals surface area contributed by atoms with Crippen molar-refractivity contribution in [2.45, 2.75) is 31.9 Å². The van der Waals surface area contributed by atoms with Gasteiger partial charge in [0, 0.05) is 42.6 Å². The van der Waals surface area contributed by atoms with E-state index < -0.39 is 11.8 Å². The summed E-state index contributed by atoms with van der Waals surface area (Å²) in [7, 11) is 1.56. The third-order valence-corrected chi connectivity index (χ3v) is 5.80. The molecule has 2 heterocycles. The standard InChI is InChI=1S/C22H23ClFN5O3/c1-12-7-14(5-6-29(12)22(25)30)32-20-9-15-18(10-19(20)31-2)26-11-27-21(15)28-13-3-4-17(24)16(23)8-13/h3-4,8-12,14H,5-7H2,1-2H3,(H2,25,30)(H,26,27,28). The van der Waals surface area contributed by atoms with Crippen LogP contribution in [-0.4, -0.2) is 46.7 Å². The monoisotopic (exact) mass is 459 g/mol. The Balaban J connectivity index is 1.63. The van der Waals surface area contributed by atoms with Crippen molar-refractivity contribution in [3.63, 3.8) is 0 Å². The molecule has 0 spiro atoms. The molecule has 0 bridgehead atoms. The molecule has 1 aromatic heterocycles. The molecular weight excluding hydrogens is 437 g/mol. The lowest BCUT2D eigenvalue weighted by Crippen LogP contribution is -2.49. The van der Waals surface area contributed by atoms with E-state index in [1.54, 1.807) is 24.1 Å². The van der Waals surface area contributed by atoms with Gasteiger partial charge in [0.1, 0.15) is 24.1 Å². The number of urea groups is 1. The fraction of sp³-hybridized carbons (Fsp3) is 0.318. The number of benzene rings is 2. The Labute approximate surface area is 189 Å². The Morgan fingerprint density at radius 3 is 2.78 bits per heavy atom. The van der Waals surface area contributed by atoms with Gasteiger partial charge < -0.3 is 25.4 Å². The Bertz CT molecular complexity index is 1160. The van der Waals surface area contributed by atoms with Crippen LogP contribution in [0.5, 0.6) is 11.5 Å². The summed E-state index contributed by atoms with van der Waals surface area (Å²) in [4.78, 5) is 21.8. The second-order valence-corrected chi connectivity index (χ2v) is 8.05. The molecule has 4 rings (SSSR count). The molecule has 1 aliphatic rings. The van der Waals surface area contributed by atoms with Crippen LogP contribution in [0.1, 0.15) is 19.8 Å². The maximum atomic E-state index is 13.5. The van der Waals surface area contributed by atoms with Gasteiger partial charge in [-0.3, -0.25) is 0 Å². The quantitative estimate of drug-likeness (QED) is 0.583. The first-order valence-corrected chi connectivity index (χ1v) is 10.5. The van der Waals surface area contributed by atoms with Crippen molar-refractivity contribution >= 4 is 40.0 Å². The van der Waals surface area contributed by atoms with E-state index in [0.29, 0.717) is 53.3 Å². The number of carbonyl (C=O) groups excluding carboxylic acids is 1. The van der Waals surface area contributed by atoms with Gasteiger partial charge in [-0.25, -0.2) is 19.2 Å². The molecule has 1 saturated heterocycles. The molecule has 10 heteroatoms. The zero-order valence-electron chi connectivity index (χ0n) is 17.6. The highest BCUT2D eigenvalue weighted by Crippen LogP contribution is 2.37. The van der Waals surface area contributed by atoms with Crippen molar-refractivity contribution in [1.82, 2.24) is 14.9 Å². The number of likely N-dealkylation sites (tertiary alicyclic amines) is 1. The molecule has 3 aromatic rings. The summed E-state index contributed by atoms with van der Waals surface area (Å²) in [5, 5.41) is 3.86. The Morgan fingerprint density at radius 1 is 1.28 bits per heavy atom. The molecule has 0 radical (unpaired) electrons. The van der Waals surface area contributed by atoms with Crippen molar-refractivity contribution in [2.75, 3.05) is 19.0 Å². The number of hydrogen-bond donors (Lipinski definition) is 2. The molecule has 3 N–H and O–H groups in total. The van der Waals surface area contributed by atoms with Gasteiger partial charge >= 0.3 is 6.03 Å². The third kappa shape index (κ3) is 4.47. The van der Waals surface area contributed by atoms with Gasteiger partial charge in [-0.15, -0.1) is 0 Å². The van der Waals surface area contributed by atoms with E-state index in [1.807, 2.05) is 13.0 Å². The van der Waals surface area contributed by atoms with Crippen LogP contribution >= 0.6 is 11.6 Å². The van der Waals surface area contributed by atoms with E-state index in [-0.39, 0.29) is 17.2 Å². The van der Waals surface area contributed by atoms with Crippen molar-refractivity contribution < 1.29 is 18.7 Å². The summed E-state index contributed by atoms with van der Waals surface area (Å²) in [6.45, 7) is 2.47. The molecule has 32 heavy (non-hydrogen) atoms. The first-order chi connectivity index (χ1) is 15.4. The minimum absolute atomic E-state index is 0.00970. The number of halogens is 2. The molecule has 2 amide bonds. The number of fused-ring (bicyclic) bond motifs is 1. The zero-order valence-corrected chi connectivity index (χ0v) is 18.4. The maximum absolute atomic E-state index is 13.5. The third-order valence-electron chi connectivity index (χ3n) is 5.51. The number of rotatable bonds is 5. The number of amides is 2. The largest absolute Gasteiger partial charge is 0.493 e. The van der Waals surface area contributed by atoms with Crippen LogP contribution in [0.4, 0.5) is 20.7 Å². The van der Waals surface area contributed by atoms with Crippen LogP contribution in [0.15, 0.2) is 36.7 Å². The number of aromatic nitrogens is 2. The molecule has 2 atom stereocenters. The van der Waals surface area contributed by atoms with Crippen LogP contribution in [0, 0.1) is 5.82 Å². The molecule has 8 nitrogen and oxygen atoms in total. The lowest BCUT2D eigenvalue weighted by atomic mass is 10.0. The highest BCUT2D eigenvalue weighted by atomic mass is 35.5. The van der Waals surface area contributed by atoms with E-state index in [9.17, 15) is 9.18 Å². The number of nitrogens with one attached hydrogen (secondary N) is 1. The highest BCUT2D eigenvalue weighted by Gasteiger charge is 2.29. The summed E-state index contributed by atoms with van der Waals surface area (Å²) in [5.74, 6) is 1.10. The van der Waals surface area contributed by atoms with Gasteiger partial charge in [0.05, 0.1) is 17.6 Å². The van der Waals surface area contributed by atoms with Gasteiger partial charge in [-0.2, -0.15) is 0 Å². The van der Waals surface area contributed by atoms with E-state index >= 15 is 0 Å². The normalized spacial score (nSPS) is 18.4. The summed E-state index contributed by atoms with van der Waals surface area (Å²) in [5.41, 5.74) is 6.67. The fourth-order valence-corrected chi connectivity index (χ4v) is 4.05. The van der Waals surface area contributed by atoms with Crippen molar-refractivity contribution in [2.24, 2.45) is 5.73 Å². The van der Waals surface area contributed by atoms with Crippen LogP contribution in [0.3, 0.4) is 0 Å². The smallest absolute Gasteiger partial charge is 0.315 e. The zero-order chi connectivity index (χ0) is 22.8. The summed E-state index contributed by atoms with van der Waals surface area (Å²) in [6, 6.07) is 7.48. The first-order valence-electron chi connectivity index (χ1n) is 10.1. The molecule has 2 aromatic carbocycles. The van der Waals surface area contributed by atoms with E-state index in [2.05, 4.69) is 15.3 Å². The average molecular weight is 460 g/mol. The number of nitrogens with zero attached hydrogens (tertiary/aromatic N) is 3. The first kappa shape index (κ1) is 21.9. The van der Waals surface area contributed by atoms with Crippen molar-refractivity contribution in [1.29, 1.82) is 0 Å². The van der Waals surface area contributed by atoms with Gasteiger partial charge in [0.2, 0.25) is 0 Å². The average Bonchev–Trinajstić information content (AvgIpc) is 2.76. The predicted molar refractivity (Wildman–Crippen MR) is 120 cm³/mol. The topological polar surface area (TPSA) is 103 Å². The SMILES string of the molecule is COc1cc2ncnc(Nc3ccc(F)c(Cl)c3)c2cc1OC1CCN(C(N)=O)C(C)C1. The van der Waals surface area contributed by atoms with Gasteiger partial charge in [0.15, 0.2) is 11.5 Å². The van der Waals surface area contributed by atoms with Crippen molar-refractivity contribution in [3.8, 4) is 11.5 Å². The van der Waals surface area contributed by atoms with Crippen LogP contribution in [0.2, 0.25) is 5.02 Å². The number of ether oxygens (including phenoxy) is 2. The van der Waals surface area contributed by atoms with E-state index in [4.69, 9.17) is 26.8 Å². The second-order valence-electron chi connectivity index (χ2n) is 7.64. The van der Waals surface area contributed by atoms with Gasteiger partial charge in [-0.05, 0) is 31.2 Å². The van der Waals surface area contributed by atoms with Crippen LogP contribution in [0.25, 0.3) is 10.9 Å². The fourth-order valence-electron chi connectivity index (χ4n) is 3.87. The second kappa shape index (κ2) is 9.04. The number of anilines is 2. The molecule has 0 aliphatic carbocycles. The minimum Gasteiger partial charge on any atom is -0.493 e. The molecule has 1 aliphatic heterocycles. The molecular formula is C22H23ClFN5O3. The summed E-state index contributed by atoms with van der Waals surface area (Å²) in [6.07, 6.45) is 2.62. The maximum Gasteiger partial charge on any atom is 0.315 e. The molecule has 0 saturated carbocycles. The van der Waals surface area contributed by atoms with Crippen LogP contribution in [-0.2, 0) is 0 Å². The van der Waals surface area contributed by atoms with E-state index in [1.165, 1.54) is 18.5 Å². The molecule has 168 valence electrons. The van der Waals surface area contributed by atoms with Crippen LogP contribution < -0.4 is 20.5 Å². The van der Waals surface area contributed by atoms with Gasteiger partial charge in [0.25, 0.3) is 0 Å². The predicted octanol–water partition coefficient (Wildman–Crippen LogP) is 4.48. The summed E-state index contributed by atoms with van der Waals surface area (Å²) < 4.78 is 25.3. The number of methoxy groups -OCH3 is 1. The van der Waals surface area contributed by atoms with E-state index in [0.717, 1.165) is 0 Å². The highest BCUT2D eigenvalue weighted by molar-refractivity contribution is 6.31. The van der Waals surface area contributed by atoms with Crippen molar-refractivity contribution in [3.05, 3.63) is 47.5 Å². The number of nitrogens with two attached hydrogens (primary N) is 1. The lowest BCUT2D eigenvalue weighted by molar-refractivity contribution is 0.0813. The molecule has 2 unspecified atom stereocenters. The number of carbonyl (C=O) groups is 1. The lowest BCUT2D eigenvalue weighted by Gasteiger charge is -2.36. The Morgan fingerprint density at radius 2 is 2.09 bits per heavy atom. The van der Waals surface area contributed by atoms with Gasteiger partial charge in [-0.1, -0.05) is 11.6 Å². The summed E-state index contributed by atoms with van der Waals surface area (Å²) >= 11 is 5.90. The number of hydrogen-bond acceptors (Lipinski definition) is 6. The number of piperidine rings is 1. The number of primary amides is 1. The Hall–Kier alpha value is -3.33.